The smallest absolute Gasteiger partial charge is 0.265 e. The molecule has 0 saturated heterocycles. The molecule has 3 aromatic rings. The van der Waals surface area contributed by atoms with Crippen molar-refractivity contribution in [1.29, 1.82) is 0 Å². The molecule has 0 heterocycles. The van der Waals surface area contributed by atoms with Crippen LogP contribution < -0.4 is 19.5 Å². The Morgan fingerprint density at radius 3 is 2.39 bits per heavy atom. The lowest BCUT2D eigenvalue weighted by Crippen LogP contribution is -2.15. The van der Waals surface area contributed by atoms with Gasteiger partial charge in [0.1, 0.15) is 16.4 Å². The molecule has 3 aromatic carbocycles. The number of rotatable bonds is 8. The van der Waals surface area contributed by atoms with E-state index in [0.717, 1.165) is 0 Å². The van der Waals surface area contributed by atoms with Gasteiger partial charge < -0.3 is 14.8 Å². The van der Waals surface area contributed by atoms with E-state index in [-0.39, 0.29) is 16.6 Å². The van der Waals surface area contributed by atoms with Crippen molar-refractivity contribution in [3.8, 4) is 11.5 Å². The summed E-state index contributed by atoms with van der Waals surface area (Å²) in [6, 6.07) is 17.9. The summed E-state index contributed by atoms with van der Waals surface area (Å²) in [5, 5.41) is 2.77. The lowest BCUT2D eigenvalue weighted by atomic mass is 10.2. The van der Waals surface area contributed by atoms with Gasteiger partial charge in [-0.05, 0) is 61.5 Å². The van der Waals surface area contributed by atoms with Crippen LogP contribution in [0.3, 0.4) is 0 Å². The molecule has 9 heteroatoms. The van der Waals surface area contributed by atoms with Gasteiger partial charge in [0.05, 0.1) is 19.4 Å². The normalized spacial score (nSPS) is 10.9. The number of benzene rings is 3. The van der Waals surface area contributed by atoms with Crippen molar-refractivity contribution in [1.82, 2.24) is 0 Å². The van der Waals surface area contributed by atoms with Crippen LogP contribution in [0, 0.1) is 0 Å². The summed E-state index contributed by atoms with van der Waals surface area (Å²) in [7, 11) is -2.38. The van der Waals surface area contributed by atoms with Gasteiger partial charge in [-0.3, -0.25) is 9.52 Å². The maximum absolute atomic E-state index is 12.9. The van der Waals surface area contributed by atoms with Crippen LogP contribution in [0.2, 0.25) is 0 Å². The number of carbonyl (C=O) groups is 1. The number of carbonyl (C=O) groups excluding carboxylic acids is 1. The fraction of sp³-hybridized carbons (Fsp3) is 0.136. The number of para-hydroxylation sites is 2. The van der Waals surface area contributed by atoms with Crippen molar-refractivity contribution in [3.05, 3.63) is 76.8 Å². The average molecular weight is 505 g/mol. The monoisotopic (exact) mass is 504 g/mol. The van der Waals surface area contributed by atoms with Gasteiger partial charge in [0.2, 0.25) is 0 Å². The molecule has 0 aromatic heterocycles. The molecule has 0 aliphatic rings. The number of nitrogens with one attached hydrogen (secondary N) is 2. The highest BCUT2D eigenvalue weighted by molar-refractivity contribution is 9.10. The molecule has 0 saturated carbocycles. The third kappa shape index (κ3) is 5.56. The van der Waals surface area contributed by atoms with Gasteiger partial charge in [-0.2, -0.15) is 0 Å². The molecule has 7 nitrogen and oxygen atoms in total. The fourth-order valence-electron chi connectivity index (χ4n) is 2.81. The maximum Gasteiger partial charge on any atom is 0.265 e. The first kappa shape index (κ1) is 22.6. The Hall–Kier alpha value is -3.04. The molecule has 0 unspecified atom stereocenters. The van der Waals surface area contributed by atoms with Crippen molar-refractivity contribution in [2.24, 2.45) is 0 Å². The quantitative estimate of drug-likeness (QED) is 0.454. The molecule has 0 atom stereocenters. The second-order valence-corrected chi connectivity index (χ2v) is 8.93. The minimum Gasteiger partial charge on any atom is -0.495 e. The minimum absolute atomic E-state index is 0.0155. The van der Waals surface area contributed by atoms with Crippen LogP contribution in [0.5, 0.6) is 11.5 Å². The number of halogens is 1. The standard InChI is InChI=1S/C22H21BrN2O5S/c1-3-30-20-13-10-16(23)14-21(20)31(27,28)25-17-11-8-15(9-12-17)22(26)24-18-6-4-5-7-19(18)29-2/h4-14,25H,3H2,1-2H3,(H,24,26). The van der Waals surface area contributed by atoms with E-state index >= 15 is 0 Å². The average Bonchev–Trinajstić information content (AvgIpc) is 2.75. The van der Waals surface area contributed by atoms with Gasteiger partial charge >= 0.3 is 0 Å². The van der Waals surface area contributed by atoms with Crippen molar-refractivity contribution in [2.45, 2.75) is 11.8 Å². The Kier molecular flexibility index (Phi) is 7.19. The zero-order valence-electron chi connectivity index (χ0n) is 16.9. The van der Waals surface area contributed by atoms with Gasteiger partial charge in [0.15, 0.2) is 0 Å². The lowest BCUT2D eigenvalue weighted by Gasteiger charge is -2.13. The van der Waals surface area contributed by atoms with Crippen LogP contribution in [-0.2, 0) is 10.0 Å². The number of anilines is 2. The first-order valence-electron chi connectivity index (χ1n) is 9.33. The second-order valence-electron chi connectivity index (χ2n) is 6.36. The first-order chi connectivity index (χ1) is 14.8. The van der Waals surface area contributed by atoms with Gasteiger partial charge in [-0.1, -0.05) is 28.1 Å². The maximum atomic E-state index is 12.9. The van der Waals surface area contributed by atoms with Crippen LogP contribution in [0.15, 0.2) is 76.1 Å². The highest BCUT2D eigenvalue weighted by atomic mass is 79.9. The van der Waals surface area contributed by atoms with Crippen molar-refractivity contribution >= 4 is 43.2 Å². The Balaban J connectivity index is 1.77. The van der Waals surface area contributed by atoms with E-state index in [1.807, 2.05) is 0 Å². The fourth-order valence-corrected chi connectivity index (χ4v) is 4.55. The van der Waals surface area contributed by atoms with Gasteiger partial charge in [-0.15, -0.1) is 0 Å². The SMILES string of the molecule is CCOc1ccc(Br)cc1S(=O)(=O)Nc1ccc(C(=O)Nc2ccccc2OC)cc1. The van der Waals surface area contributed by atoms with Gasteiger partial charge in [0.25, 0.3) is 15.9 Å². The van der Waals surface area contributed by atoms with Crippen LogP contribution in [0.25, 0.3) is 0 Å². The summed E-state index contributed by atoms with van der Waals surface area (Å²) < 4.78 is 39.5. The Bertz CT molecular complexity index is 1180. The third-order valence-electron chi connectivity index (χ3n) is 4.25. The topological polar surface area (TPSA) is 93.7 Å². The molecule has 2 N–H and O–H groups in total. The summed E-state index contributed by atoms with van der Waals surface area (Å²) in [6.45, 7) is 2.11. The summed E-state index contributed by atoms with van der Waals surface area (Å²) in [5.74, 6) is 0.454. The molecule has 0 fully saturated rings. The van der Waals surface area contributed by atoms with Crippen LogP contribution in [0.1, 0.15) is 17.3 Å². The molecule has 0 bridgehead atoms. The van der Waals surface area contributed by atoms with E-state index < -0.39 is 10.0 Å². The highest BCUT2D eigenvalue weighted by Gasteiger charge is 2.21. The predicted molar refractivity (Wildman–Crippen MR) is 124 cm³/mol. The molecule has 1 amide bonds. The van der Waals surface area contributed by atoms with Crippen molar-refractivity contribution in [3.63, 3.8) is 0 Å². The second kappa shape index (κ2) is 9.84. The Morgan fingerprint density at radius 2 is 1.71 bits per heavy atom. The van der Waals surface area contributed by atoms with E-state index in [4.69, 9.17) is 9.47 Å². The summed E-state index contributed by atoms with van der Waals surface area (Å²) in [4.78, 5) is 12.5. The number of hydrogen-bond donors (Lipinski definition) is 2. The van der Waals surface area contributed by atoms with E-state index in [9.17, 15) is 13.2 Å². The Labute approximate surface area is 189 Å². The van der Waals surface area contributed by atoms with Crippen LogP contribution in [-0.4, -0.2) is 28.0 Å². The molecule has 0 aliphatic heterocycles. The van der Waals surface area contributed by atoms with Gasteiger partial charge in [-0.25, -0.2) is 8.42 Å². The lowest BCUT2D eigenvalue weighted by molar-refractivity contribution is 0.102. The summed E-state index contributed by atoms with van der Waals surface area (Å²) >= 11 is 3.29. The van der Waals surface area contributed by atoms with Crippen molar-refractivity contribution in [2.75, 3.05) is 23.8 Å². The number of amides is 1. The molecule has 0 aliphatic carbocycles. The van der Waals surface area contributed by atoms with E-state index in [0.29, 0.717) is 33.8 Å². The van der Waals surface area contributed by atoms with Crippen molar-refractivity contribution < 1.29 is 22.7 Å². The van der Waals surface area contributed by atoms with E-state index in [1.165, 1.54) is 37.4 Å². The minimum atomic E-state index is -3.90. The molecular weight excluding hydrogens is 484 g/mol. The molecule has 3 rings (SSSR count). The van der Waals surface area contributed by atoms with E-state index in [2.05, 4.69) is 26.0 Å². The number of hydrogen-bond acceptors (Lipinski definition) is 5. The predicted octanol–water partition coefficient (Wildman–Crippen LogP) is 4.91. The summed E-state index contributed by atoms with van der Waals surface area (Å²) in [5.41, 5.74) is 1.22. The molecule has 0 radical (unpaired) electrons. The molecule has 0 spiro atoms. The molecule has 162 valence electrons. The Morgan fingerprint density at radius 1 is 1.00 bits per heavy atom. The molecular formula is C22H21BrN2O5S. The first-order valence-corrected chi connectivity index (χ1v) is 11.6. The molecule has 31 heavy (non-hydrogen) atoms. The number of methoxy groups -OCH3 is 1. The van der Waals surface area contributed by atoms with E-state index in [1.54, 1.807) is 43.3 Å². The zero-order valence-corrected chi connectivity index (χ0v) is 19.3. The third-order valence-corrected chi connectivity index (χ3v) is 6.15. The largest absolute Gasteiger partial charge is 0.495 e. The zero-order chi connectivity index (χ0) is 22.4. The highest BCUT2D eigenvalue weighted by Crippen LogP contribution is 2.29. The van der Waals surface area contributed by atoms with Crippen LogP contribution in [0.4, 0.5) is 11.4 Å². The van der Waals surface area contributed by atoms with Crippen LogP contribution >= 0.6 is 15.9 Å². The summed E-state index contributed by atoms with van der Waals surface area (Å²) in [6.07, 6.45) is 0. The van der Waals surface area contributed by atoms with Gasteiger partial charge in [0, 0.05) is 15.7 Å². The number of sulfonamides is 1. The number of ether oxygens (including phenoxy) is 2.